The van der Waals surface area contributed by atoms with Crippen LogP contribution in [-0.2, 0) is 10.0 Å². The Morgan fingerprint density at radius 2 is 1.52 bits per heavy atom. The molecule has 6 heteroatoms. The number of benzene rings is 2. The molecule has 0 aliphatic carbocycles. The fraction of sp³-hybridized carbons (Fsp3) is 0.235. The van der Waals surface area contributed by atoms with Crippen LogP contribution in [0.1, 0.15) is 29.8 Å². The molecule has 0 radical (unpaired) electrons. The van der Waals surface area contributed by atoms with Gasteiger partial charge in [-0.2, -0.15) is 0 Å². The maximum Gasteiger partial charge on any atom is 0.255 e. The van der Waals surface area contributed by atoms with Crippen LogP contribution in [0, 0.1) is 6.92 Å². The fourth-order valence-corrected chi connectivity index (χ4v) is 3.26. The lowest BCUT2D eigenvalue weighted by molar-refractivity contribution is 0.102. The molecule has 0 unspecified atom stereocenters. The molecule has 0 aromatic heterocycles. The number of carbonyl (C=O) groups is 1. The van der Waals surface area contributed by atoms with E-state index < -0.39 is 10.0 Å². The third-order valence-corrected chi connectivity index (χ3v) is 4.80. The van der Waals surface area contributed by atoms with Gasteiger partial charge in [-0.15, -0.1) is 0 Å². The van der Waals surface area contributed by atoms with Crippen molar-refractivity contribution in [3.05, 3.63) is 59.7 Å². The predicted molar refractivity (Wildman–Crippen MR) is 91.0 cm³/mol. The minimum Gasteiger partial charge on any atom is -0.322 e. The Labute approximate surface area is 136 Å². The summed E-state index contributed by atoms with van der Waals surface area (Å²) in [4.78, 5) is 12.3. The molecular weight excluding hydrogens is 312 g/mol. The quantitative estimate of drug-likeness (QED) is 0.884. The molecule has 2 rings (SSSR count). The number of carbonyl (C=O) groups excluding carboxylic acids is 1. The van der Waals surface area contributed by atoms with Crippen molar-refractivity contribution in [3.63, 3.8) is 0 Å². The van der Waals surface area contributed by atoms with Gasteiger partial charge in [-0.1, -0.05) is 17.7 Å². The topological polar surface area (TPSA) is 75.3 Å². The second-order valence-electron chi connectivity index (χ2n) is 5.62. The van der Waals surface area contributed by atoms with E-state index in [0.29, 0.717) is 11.3 Å². The van der Waals surface area contributed by atoms with Gasteiger partial charge >= 0.3 is 0 Å². The number of aryl methyl sites for hydroxylation is 1. The molecule has 2 aromatic carbocycles. The summed E-state index contributed by atoms with van der Waals surface area (Å²) in [6.45, 7) is 5.47. The first-order chi connectivity index (χ1) is 10.8. The van der Waals surface area contributed by atoms with Crippen LogP contribution in [0.2, 0.25) is 0 Å². The highest BCUT2D eigenvalue weighted by Crippen LogP contribution is 2.15. The van der Waals surface area contributed by atoms with Crippen molar-refractivity contribution in [2.45, 2.75) is 31.7 Å². The molecule has 0 saturated carbocycles. The number of nitrogens with one attached hydrogen (secondary N) is 2. The lowest BCUT2D eigenvalue weighted by Gasteiger charge is -2.10. The van der Waals surface area contributed by atoms with Crippen molar-refractivity contribution in [1.82, 2.24) is 4.72 Å². The average Bonchev–Trinajstić information content (AvgIpc) is 2.47. The zero-order valence-electron chi connectivity index (χ0n) is 13.3. The van der Waals surface area contributed by atoms with E-state index in [9.17, 15) is 13.2 Å². The first-order valence-corrected chi connectivity index (χ1v) is 8.76. The average molecular weight is 332 g/mol. The van der Waals surface area contributed by atoms with E-state index in [1.165, 1.54) is 12.1 Å². The van der Waals surface area contributed by atoms with Gasteiger partial charge in [0.2, 0.25) is 10.0 Å². The lowest BCUT2D eigenvalue weighted by atomic mass is 10.1. The van der Waals surface area contributed by atoms with Gasteiger partial charge in [0.1, 0.15) is 0 Å². The summed E-state index contributed by atoms with van der Waals surface area (Å²) in [5.74, 6) is -0.235. The molecule has 0 bridgehead atoms. The van der Waals surface area contributed by atoms with Gasteiger partial charge in [-0.3, -0.25) is 4.79 Å². The van der Waals surface area contributed by atoms with Crippen LogP contribution in [0.5, 0.6) is 0 Å². The molecule has 23 heavy (non-hydrogen) atoms. The molecular formula is C17H20N2O3S. The third-order valence-electron chi connectivity index (χ3n) is 3.13. The summed E-state index contributed by atoms with van der Waals surface area (Å²) in [5.41, 5.74) is 2.17. The predicted octanol–water partition coefficient (Wildman–Crippen LogP) is 2.93. The molecule has 122 valence electrons. The number of amides is 1. The molecule has 0 heterocycles. The molecule has 0 aliphatic heterocycles. The van der Waals surface area contributed by atoms with E-state index >= 15 is 0 Å². The van der Waals surface area contributed by atoms with Crippen LogP contribution >= 0.6 is 0 Å². The van der Waals surface area contributed by atoms with E-state index in [0.717, 1.165) is 5.56 Å². The van der Waals surface area contributed by atoms with Crippen molar-refractivity contribution in [3.8, 4) is 0 Å². The minimum absolute atomic E-state index is 0.166. The largest absolute Gasteiger partial charge is 0.322 e. The Kier molecular flexibility index (Phi) is 5.18. The van der Waals surface area contributed by atoms with E-state index in [1.54, 1.807) is 38.1 Å². The van der Waals surface area contributed by atoms with E-state index in [4.69, 9.17) is 0 Å². The highest BCUT2D eigenvalue weighted by atomic mass is 32.2. The number of anilines is 1. The van der Waals surface area contributed by atoms with Gasteiger partial charge in [0.15, 0.2) is 0 Å². The van der Waals surface area contributed by atoms with Crippen molar-refractivity contribution in [1.29, 1.82) is 0 Å². The number of hydrogen-bond donors (Lipinski definition) is 2. The SMILES string of the molecule is Cc1ccc(C(=O)Nc2ccc(S(=O)(=O)NC(C)C)cc2)cc1. The van der Waals surface area contributed by atoms with Crippen LogP contribution < -0.4 is 10.0 Å². The maximum atomic E-state index is 12.1. The van der Waals surface area contributed by atoms with Crippen LogP contribution in [0.4, 0.5) is 5.69 Å². The molecule has 5 nitrogen and oxygen atoms in total. The molecule has 0 spiro atoms. The van der Waals surface area contributed by atoms with Crippen molar-refractivity contribution in [2.24, 2.45) is 0 Å². The summed E-state index contributed by atoms with van der Waals surface area (Å²) < 4.78 is 26.6. The van der Waals surface area contributed by atoms with Crippen LogP contribution in [0.3, 0.4) is 0 Å². The number of sulfonamides is 1. The summed E-state index contributed by atoms with van der Waals surface area (Å²) >= 11 is 0. The fourth-order valence-electron chi connectivity index (χ4n) is 2.00. The van der Waals surface area contributed by atoms with Gasteiger partial charge in [0.25, 0.3) is 5.91 Å². The normalized spacial score (nSPS) is 11.5. The highest BCUT2D eigenvalue weighted by Gasteiger charge is 2.15. The Hall–Kier alpha value is -2.18. The van der Waals surface area contributed by atoms with Crippen molar-refractivity contribution >= 4 is 21.6 Å². The highest BCUT2D eigenvalue weighted by molar-refractivity contribution is 7.89. The second kappa shape index (κ2) is 6.93. The van der Waals surface area contributed by atoms with Gasteiger partial charge in [0, 0.05) is 17.3 Å². The van der Waals surface area contributed by atoms with Gasteiger partial charge in [-0.05, 0) is 57.2 Å². The first-order valence-electron chi connectivity index (χ1n) is 7.28. The Bertz CT molecular complexity index is 780. The standard InChI is InChI=1S/C17H20N2O3S/c1-12(2)19-23(21,22)16-10-8-15(9-11-16)18-17(20)14-6-4-13(3)5-7-14/h4-12,19H,1-3H3,(H,18,20). The molecule has 2 aromatic rings. The Morgan fingerprint density at radius 3 is 2.04 bits per heavy atom. The maximum absolute atomic E-state index is 12.1. The van der Waals surface area contributed by atoms with Gasteiger partial charge in [-0.25, -0.2) is 13.1 Å². The summed E-state index contributed by atoms with van der Waals surface area (Å²) in [5, 5.41) is 2.74. The van der Waals surface area contributed by atoms with Crippen LogP contribution in [0.25, 0.3) is 0 Å². The number of rotatable bonds is 5. The van der Waals surface area contributed by atoms with Crippen molar-refractivity contribution in [2.75, 3.05) is 5.32 Å². The van der Waals surface area contributed by atoms with Crippen LogP contribution in [0.15, 0.2) is 53.4 Å². The van der Waals surface area contributed by atoms with E-state index in [1.807, 2.05) is 19.1 Å². The molecule has 2 N–H and O–H groups in total. The molecule has 0 atom stereocenters. The van der Waals surface area contributed by atoms with Gasteiger partial charge < -0.3 is 5.32 Å². The van der Waals surface area contributed by atoms with E-state index in [2.05, 4.69) is 10.0 Å². The van der Waals surface area contributed by atoms with E-state index in [-0.39, 0.29) is 16.8 Å². The summed E-state index contributed by atoms with van der Waals surface area (Å²) in [6, 6.07) is 13.1. The second-order valence-corrected chi connectivity index (χ2v) is 7.33. The molecule has 0 fully saturated rings. The zero-order valence-corrected chi connectivity index (χ0v) is 14.1. The first kappa shape index (κ1) is 17.2. The molecule has 0 aliphatic rings. The number of hydrogen-bond acceptors (Lipinski definition) is 3. The summed E-state index contributed by atoms with van der Waals surface area (Å²) in [7, 11) is -3.52. The Balaban J connectivity index is 2.11. The monoisotopic (exact) mass is 332 g/mol. The zero-order chi connectivity index (χ0) is 17.0. The minimum atomic E-state index is -3.52. The smallest absolute Gasteiger partial charge is 0.255 e. The van der Waals surface area contributed by atoms with Crippen molar-refractivity contribution < 1.29 is 13.2 Å². The lowest BCUT2D eigenvalue weighted by Crippen LogP contribution is -2.30. The Morgan fingerprint density at radius 1 is 0.957 bits per heavy atom. The third kappa shape index (κ3) is 4.64. The molecule has 1 amide bonds. The van der Waals surface area contributed by atoms with Crippen LogP contribution in [-0.4, -0.2) is 20.4 Å². The molecule has 0 saturated heterocycles. The summed E-state index contributed by atoms with van der Waals surface area (Å²) in [6.07, 6.45) is 0. The van der Waals surface area contributed by atoms with Gasteiger partial charge in [0.05, 0.1) is 4.90 Å².